The molecule has 2 aliphatic rings. The lowest BCUT2D eigenvalue weighted by Gasteiger charge is -2.41. The molecule has 0 bridgehead atoms. The Bertz CT molecular complexity index is 497. The second kappa shape index (κ2) is 8.08. The smallest absolute Gasteiger partial charge is 0.229 e. The number of nitrogens with one attached hydrogen (secondary N) is 1. The third kappa shape index (κ3) is 4.43. The van der Waals surface area contributed by atoms with E-state index >= 15 is 0 Å². The van der Waals surface area contributed by atoms with Gasteiger partial charge in [0.2, 0.25) is 5.91 Å². The van der Waals surface area contributed by atoms with Crippen LogP contribution in [0.25, 0.3) is 0 Å². The summed E-state index contributed by atoms with van der Waals surface area (Å²) in [6.45, 7) is 8.49. The van der Waals surface area contributed by atoms with Crippen molar-refractivity contribution >= 4 is 18.3 Å². The van der Waals surface area contributed by atoms with E-state index in [0.717, 1.165) is 58.7 Å². The molecule has 2 saturated heterocycles. The maximum absolute atomic E-state index is 12.8. The van der Waals surface area contributed by atoms with Crippen molar-refractivity contribution in [1.82, 2.24) is 20.1 Å². The SMILES string of the molecule is CC1(C(=O)N2CCN(Cc3cccnc3)CC2)CCCNC1.Cl. The molecule has 3 heterocycles. The lowest BCUT2D eigenvalue weighted by Crippen LogP contribution is -2.55. The van der Waals surface area contributed by atoms with Crippen molar-refractivity contribution in [3.8, 4) is 0 Å². The molecule has 0 spiro atoms. The molecule has 2 fully saturated rings. The molecule has 5 nitrogen and oxygen atoms in total. The van der Waals surface area contributed by atoms with Gasteiger partial charge in [-0.1, -0.05) is 6.07 Å². The molecule has 128 valence electrons. The largest absolute Gasteiger partial charge is 0.340 e. The Labute approximate surface area is 144 Å². The zero-order valence-electron chi connectivity index (χ0n) is 13.8. The van der Waals surface area contributed by atoms with Crippen LogP contribution in [0.4, 0.5) is 0 Å². The summed E-state index contributed by atoms with van der Waals surface area (Å²) in [5.41, 5.74) is 1.04. The number of pyridine rings is 1. The van der Waals surface area contributed by atoms with Crippen molar-refractivity contribution in [2.75, 3.05) is 39.3 Å². The molecule has 1 aromatic rings. The van der Waals surface area contributed by atoms with Gasteiger partial charge in [-0.2, -0.15) is 0 Å². The first-order valence-electron chi connectivity index (χ1n) is 8.29. The summed E-state index contributed by atoms with van der Waals surface area (Å²) < 4.78 is 0. The predicted molar refractivity (Wildman–Crippen MR) is 93.6 cm³/mol. The normalized spacial score (nSPS) is 25.7. The summed E-state index contributed by atoms with van der Waals surface area (Å²) in [5, 5.41) is 3.37. The van der Waals surface area contributed by atoms with Gasteiger partial charge in [-0.05, 0) is 37.9 Å². The number of hydrogen-bond donors (Lipinski definition) is 1. The molecule has 2 aliphatic heterocycles. The fourth-order valence-corrected chi connectivity index (χ4v) is 3.48. The second-order valence-corrected chi connectivity index (χ2v) is 6.77. The second-order valence-electron chi connectivity index (χ2n) is 6.77. The van der Waals surface area contributed by atoms with Gasteiger partial charge in [0.05, 0.1) is 5.41 Å². The lowest BCUT2D eigenvalue weighted by atomic mass is 9.81. The quantitative estimate of drug-likeness (QED) is 0.908. The van der Waals surface area contributed by atoms with Crippen LogP contribution in [0.15, 0.2) is 24.5 Å². The maximum Gasteiger partial charge on any atom is 0.229 e. The van der Waals surface area contributed by atoms with Gasteiger partial charge in [0, 0.05) is 51.7 Å². The third-order valence-corrected chi connectivity index (χ3v) is 4.90. The van der Waals surface area contributed by atoms with E-state index < -0.39 is 0 Å². The first kappa shape index (κ1) is 18.2. The molecule has 0 aromatic carbocycles. The number of piperazine rings is 1. The highest BCUT2D eigenvalue weighted by Gasteiger charge is 2.38. The highest BCUT2D eigenvalue weighted by molar-refractivity contribution is 5.85. The van der Waals surface area contributed by atoms with Crippen LogP contribution in [-0.4, -0.2) is 60.0 Å². The van der Waals surface area contributed by atoms with E-state index in [9.17, 15) is 4.79 Å². The molecule has 1 aromatic heterocycles. The molecule has 0 saturated carbocycles. The van der Waals surface area contributed by atoms with Crippen LogP contribution >= 0.6 is 12.4 Å². The molecular formula is C17H27ClN4O. The molecule has 3 rings (SSSR count). The van der Waals surface area contributed by atoms with Crippen molar-refractivity contribution < 1.29 is 4.79 Å². The average Bonchev–Trinajstić information content (AvgIpc) is 2.56. The number of hydrogen-bond acceptors (Lipinski definition) is 4. The Morgan fingerprint density at radius 2 is 2.13 bits per heavy atom. The third-order valence-electron chi connectivity index (χ3n) is 4.90. The molecular weight excluding hydrogens is 312 g/mol. The van der Waals surface area contributed by atoms with E-state index in [1.165, 1.54) is 5.56 Å². The molecule has 0 radical (unpaired) electrons. The van der Waals surface area contributed by atoms with Crippen LogP contribution in [0, 0.1) is 5.41 Å². The van der Waals surface area contributed by atoms with Gasteiger partial charge < -0.3 is 10.2 Å². The number of carbonyl (C=O) groups excluding carboxylic acids is 1. The van der Waals surface area contributed by atoms with E-state index in [0.29, 0.717) is 5.91 Å². The number of amides is 1. The lowest BCUT2D eigenvalue weighted by molar-refractivity contribution is -0.144. The van der Waals surface area contributed by atoms with Gasteiger partial charge in [-0.25, -0.2) is 0 Å². The fourth-order valence-electron chi connectivity index (χ4n) is 3.48. The van der Waals surface area contributed by atoms with Crippen molar-refractivity contribution in [3.05, 3.63) is 30.1 Å². The van der Waals surface area contributed by atoms with E-state index in [1.54, 1.807) is 6.20 Å². The maximum atomic E-state index is 12.8. The first-order chi connectivity index (χ1) is 10.7. The van der Waals surface area contributed by atoms with E-state index in [4.69, 9.17) is 0 Å². The monoisotopic (exact) mass is 338 g/mol. The summed E-state index contributed by atoms with van der Waals surface area (Å²) in [6.07, 6.45) is 5.84. The number of halogens is 1. The van der Waals surface area contributed by atoms with E-state index in [1.807, 2.05) is 12.3 Å². The van der Waals surface area contributed by atoms with Gasteiger partial charge in [0.15, 0.2) is 0 Å². The molecule has 0 aliphatic carbocycles. The van der Waals surface area contributed by atoms with Gasteiger partial charge >= 0.3 is 0 Å². The summed E-state index contributed by atoms with van der Waals surface area (Å²) >= 11 is 0. The van der Waals surface area contributed by atoms with Crippen LogP contribution in [-0.2, 0) is 11.3 Å². The Kier molecular flexibility index (Phi) is 6.39. The van der Waals surface area contributed by atoms with Gasteiger partial charge in [-0.3, -0.25) is 14.7 Å². The Hall–Kier alpha value is -1.17. The summed E-state index contributed by atoms with van der Waals surface area (Å²) in [5.74, 6) is 0.334. The minimum Gasteiger partial charge on any atom is -0.340 e. The average molecular weight is 339 g/mol. The Morgan fingerprint density at radius 1 is 1.35 bits per heavy atom. The van der Waals surface area contributed by atoms with Crippen molar-refractivity contribution in [1.29, 1.82) is 0 Å². The number of piperidine rings is 1. The van der Waals surface area contributed by atoms with Crippen molar-refractivity contribution in [2.45, 2.75) is 26.3 Å². The predicted octanol–water partition coefficient (Wildman–Crippen LogP) is 1.54. The number of nitrogens with zero attached hydrogens (tertiary/aromatic N) is 3. The van der Waals surface area contributed by atoms with Gasteiger partial charge in [-0.15, -0.1) is 12.4 Å². The molecule has 1 atom stereocenters. The number of carbonyl (C=O) groups is 1. The van der Waals surface area contributed by atoms with Crippen molar-refractivity contribution in [3.63, 3.8) is 0 Å². The topological polar surface area (TPSA) is 48.5 Å². The van der Waals surface area contributed by atoms with Crippen LogP contribution in [0.1, 0.15) is 25.3 Å². The van der Waals surface area contributed by atoms with E-state index in [2.05, 4.69) is 33.1 Å². The minimum absolute atomic E-state index is 0. The van der Waals surface area contributed by atoms with Crippen LogP contribution in [0.3, 0.4) is 0 Å². The highest BCUT2D eigenvalue weighted by Crippen LogP contribution is 2.28. The standard InChI is InChI=1S/C17H26N4O.ClH/c1-17(5-3-7-19-14-17)16(22)21-10-8-20(9-11-21)13-15-4-2-6-18-12-15;/h2,4,6,12,19H,3,5,7-11,13-14H2,1H3;1H. The van der Waals surface area contributed by atoms with Crippen LogP contribution in [0.5, 0.6) is 0 Å². The zero-order chi connectivity index (χ0) is 15.4. The molecule has 1 amide bonds. The van der Waals surface area contributed by atoms with Crippen LogP contribution < -0.4 is 5.32 Å². The van der Waals surface area contributed by atoms with Crippen molar-refractivity contribution in [2.24, 2.45) is 5.41 Å². The van der Waals surface area contributed by atoms with Gasteiger partial charge in [0.1, 0.15) is 0 Å². The summed E-state index contributed by atoms with van der Waals surface area (Å²) in [7, 11) is 0. The minimum atomic E-state index is -0.205. The Balaban J connectivity index is 0.00000192. The summed E-state index contributed by atoms with van der Waals surface area (Å²) in [4.78, 5) is 21.4. The van der Waals surface area contributed by atoms with Gasteiger partial charge in [0.25, 0.3) is 0 Å². The Morgan fingerprint density at radius 3 is 2.74 bits per heavy atom. The first-order valence-corrected chi connectivity index (χ1v) is 8.29. The van der Waals surface area contributed by atoms with Crippen LogP contribution in [0.2, 0.25) is 0 Å². The highest BCUT2D eigenvalue weighted by atomic mass is 35.5. The molecule has 1 N–H and O–H groups in total. The molecule has 23 heavy (non-hydrogen) atoms. The summed E-state index contributed by atoms with van der Waals surface area (Å²) in [6, 6.07) is 4.09. The molecule has 1 unspecified atom stereocenters. The fraction of sp³-hybridized carbons (Fsp3) is 0.647. The number of rotatable bonds is 3. The zero-order valence-corrected chi connectivity index (χ0v) is 14.6. The van der Waals surface area contributed by atoms with E-state index in [-0.39, 0.29) is 17.8 Å². The number of aromatic nitrogens is 1. The molecule has 6 heteroatoms.